The molecule has 2 heterocycles. The highest BCUT2D eigenvalue weighted by Crippen LogP contribution is 2.18. The fourth-order valence-corrected chi connectivity index (χ4v) is 2.27. The molecule has 15 heavy (non-hydrogen) atoms. The first-order valence-electron chi connectivity index (χ1n) is 5.08. The van der Waals surface area contributed by atoms with Gasteiger partial charge < -0.3 is 10.6 Å². The minimum absolute atomic E-state index is 0.0560. The maximum Gasteiger partial charge on any atom is 0.267 e. The molecule has 0 radical (unpaired) electrons. The highest BCUT2D eigenvalue weighted by molar-refractivity contribution is 7.07. The van der Waals surface area contributed by atoms with Crippen molar-refractivity contribution in [3.05, 3.63) is 11.1 Å². The summed E-state index contributed by atoms with van der Waals surface area (Å²) in [5.41, 5.74) is 5.60. The summed E-state index contributed by atoms with van der Waals surface area (Å²) in [5, 5.41) is 3.67. The molecule has 2 N–H and O–H groups in total. The summed E-state index contributed by atoms with van der Waals surface area (Å²) in [4.78, 5) is 14.4. The van der Waals surface area contributed by atoms with Gasteiger partial charge in [-0.2, -0.15) is 0 Å². The van der Waals surface area contributed by atoms with Crippen LogP contribution in [0.5, 0.6) is 0 Å². The van der Waals surface area contributed by atoms with Gasteiger partial charge in [-0.1, -0.05) is 4.49 Å². The molecule has 1 aliphatic heterocycles. The van der Waals surface area contributed by atoms with Crippen molar-refractivity contribution < 1.29 is 4.79 Å². The fraction of sp³-hybridized carbons (Fsp3) is 0.667. The van der Waals surface area contributed by atoms with Gasteiger partial charge in [0.15, 0.2) is 0 Å². The average Bonchev–Trinajstić information content (AvgIpc) is 2.82. The molecule has 5 nitrogen and oxygen atoms in total. The largest absolute Gasteiger partial charge is 0.338 e. The number of hydrogen-bond acceptors (Lipinski definition) is 5. The first-order valence-corrected chi connectivity index (χ1v) is 5.85. The Balaban J connectivity index is 1.93. The van der Waals surface area contributed by atoms with Crippen LogP contribution in [0.4, 0.5) is 0 Å². The summed E-state index contributed by atoms with van der Waals surface area (Å²) in [5.74, 6) is 0.633. The van der Waals surface area contributed by atoms with Gasteiger partial charge in [0.05, 0.1) is 6.20 Å². The highest BCUT2D eigenvalue weighted by Gasteiger charge is 2.23. The lowest BCUT2D eigenvalue weighted by Gasteiger charge is -2.30. The van der Waals surface area contributed by atoms with E-state index in [1.807, 2.05) is 4.90 Å². The number of carbonyl (C=O) groups excluding carboxylic acids is 1. The number of hydrogen-bond donors (Lipinski definition) is 1. The van der Waals surface area contributed by atoms with E-state index < -0.39 is 0 Å². The van der Waals surface area contributed by atoms with Crippen molar-refractivity contribution in [2.45, 2.75) is 12.8 Å². The Morgan fingerprint density at radius 3 is 2.87 bits per heavy atom. The summed E-state index contributed by atoms with van der Waals surface area (Å²) in [6, 6.07) is 0. The summed E-state index contributed by atoms with van der Waals surface area (Å²) < 4.78 is 3.69. The van der Waals surface area contributed by atoms with Gasteiger partial charge in [0.2, 0.25) is 0 Å². The zero-order valence-corrected chi connectivity index (χ0v) is 9.24. The molecule has 0 spiro atoms. The highest BCUT2D eigenvalue weighted by atomic mass is 32.1. The second kappa shape index (κ2) is 4.67. The molecular weight excluding hydrogens is 212 g/mol. The minimum Gasteiger partial charge on any atom is -0.338 e. The van der Waals surface area contributed by atoms with Gasteiger partial charge in [-0.15, -0.1) is 5.10 Å². The second-order valence-corrected chi connectivity index (χ2v) is 4.54. The molecule has 82 valence electrons. The van der Waals surface area contributed by atoms with Crippen LogP contribution >= 0.6 is 11.5 Å². The molecule has 0 unspecified atom stereocenters. The number of aromatic nitrogens is 2. The van der Waals surface area contributed by atoms with Gasteiger partial charge in [-0.05, 0) is 36.8 Å². The van der Waals surface area contributed by atoms with Crippen LogP contribution in [0.2, 0.25) is 0 Å². The van der Waals surface area contributed by atoms with E-state index in [0.717, 1.165) is 44.0 Å². The quantitative estimate of drug-likeness (QED) is 0.789. The van der Waals surface area contributed by atoms with Crippen LogP contribution in [0.15, 0.2) is 6.20 Å². The van der Waals surface area contributed by atoms with Gasteiger partial charge in [-0.25, -0.2) is 0 Å². The molecule has 1 saturated heterocycles. The number of amides is 1. The van der Waals surface area contributed by atoms with Crippen molar-refractivity contribution in [1.29, 1.82) is 0 Å². The van der Waals surface area contributed by atoms with E-state index in [1.165, 1.54) is 6.20 Å². The first kappa shape index (κ1) is 10.5. The summed E-state index contributed by atoms with van der Waals surface area (Å²) in [7, 11) is 0. The number of carbonyl (C=O) groups is 1. The van der Waals surface area contributed by atoms with Crippen LogP contribution in [0.25, 0.3) is 0 Å². The number of rotatable bonds is 2. The molecule has 1 fully saturated rings. The molecule has 0 aromatic carbocycles. The molecule has 0 aliphatic carbocycles. The van der Waals surface area contributed by atoms with Crippen LogP contribution in [-0.4, -0.2) is 40.0 Å². The molecule has 0 atom stereocenters. The van der Waals surface area contributed by atoms with Crippen LogP contribution in [-0.2, 0) is 0 Å². The Morgan fingerprint density at radius 2 is 2.33 bits per heavy atom. The van der Waals surface area contributed by atoms with Crippen LogP contribution < -0.4 is 5.73 Å². The normalized spacial score (nSPS) is 18.1. The molecular formula is C9H14N4OS. The zero-order valence-electron chi connectivity index (χ0n) is 8.43. The summed E-state index contributed by atoms with van der Waals surface area (Å²) >= 11 is 1.15. The SMILES string of the molecule is NCC1CCN(C(=O)c2cnns2)CC1. The topological polar surface area (TPSA) is 72.1 Å². The molecule has 1 aromatic rings. The van der Waals surface area contributed by atoms with Crippen molar-refractivity contribution in [2.24, 2.45) is 11.7 Å². The third-order valence-corrected chi connectivity index (χ3v) is 3.46. The monoisotopic (exact) mass is 226 g/mol. The number of nitrogens with zero attached hydrogens (tertiary/aromatic N) is 3. The van der Waals surface area contributed by atoms with E-state index >= 15 is 0 Å². The van der Waals surface area contributed by atoms with Crippen LogP contribution in [0.1, 0.15) is 22.5 Å². The Bertz CT molecular complexity index is 319. The second-order valence-electron chi connectivity index (χ2n) is 3.75. The molecule has 0 bridgehead atoms. The average molecular weight is 226 g/mol. The number of nitrogens with two attached hydrogens (primary N) is 1. The molecule has 6 heteroatoms. The fourth-order valence-electron chi connectivity index (χ4n) is 1.79. The summed E-state index contributed by atoms with van der Waals surface area (Å²) in [6.45, 7) is 2.33. The summed E-state index contributed by atoms with van der Waals surface area (Å²) in [6.07, 6.45) is 3.55. The molecule has 1 aromatic heterocycles. The Kier molecular flexibility index (Phi) is 3.27. The van der Waals surface area contributed by atoms with Crippen LogP contribution in [0, 0.1) is 5.92 Å². The lowest BCUT2D eigenvalue weighted by atomic mass is 9.97. The molecule has 0 saturated carbocycles. The smallest absolute Gasteiger partial charge is 0.267 e. The minimum atomic E-state index is 0.0560. The van der Waals surface area contributed by atoms with Gasteiger partial charge in [-0.3, -0.25) is 4.79 Å². The maximum absolute atomic E-state index is 11.9. The number of piperidine rings is 1. The van der Waals surface area contributed by atoms with Crippen molar-refractivity contribution in [3.8, 4) is 0 Å². The van der Waals surface area contributed by atoms with E-state index in [1.54, 1.807) is 0 Å². The zero-order chi connectivity index (χ0) is 10.7. The van der Waals surface area contributed by atoms with Crippen molar-refractivity contribution in [1.82, 2.24) is 14.5 Å². The predicted octanol–water partition coefficient (Wildman–Crippen LogP) is 0.349. The van der Waals surface area contributed by atoms with Gasteiger partial charge in [0.25, 0.3) is 5.91 Å². The van der Waals surface area contributed by atoms with Crippen molar-refractivity contribution >= 4 is 17.4 Å². The van der Waals surface area contributed by atoms with Gasteiger partial charge in [0.1, 0.15) is 4.88 Å². The number of likely N-dealkylation sites (tertiary alicyclic amines) is 1. The molecule has 2 rings (SSSR count). The van der Waals surface area contributed by atoms with Gasteiger partial charge in [0, 0.05) is 13.1 Å². The van der Waals surface area contributed by atoms with E-state index in [2.05, 4.69) is 9.59 Å². The van der Waals surface area contributed by atoms with Crippen molar-refractivity contribution in [3.63, 3.8) is 0 Å². The van der Waals surface area contributed by atoms with E-state index in [0.29, 0.717) is 10.8 Å². The molecule has 1 aliphatic rings. The lowest BCUT2D eigenvalue weighted by molar-refractivity contribution is 0.0698. The molecule has 1 amide bonds. The first-order chi connectivity index (χ1) is 7.31. The van der Waals surface area contributed by atoms with Gasteiger partial charge >= 0.3 is 0 Å². The lowest BCUT2D eigenvalue weighted by Crippen LogP contribution is -2.39. The van der Waals surface area contributed by atoms with Crippen LogP contribution in [0.3, 0.4) is 0 Å². The maximum atomic E-state index is 11.9. The third-order valence-electron chi connectivity index (χ3n) is 2.81. The van der Waals surface area contributed by atoms with E-state index in [9.17, 15) is 4.79 Å². The third kappa shape index (κ3) is 2.32. The van der Waals surface area contributed by atoms with Crippen molar-refractivity contribution in [2.75, 3.05) is 19.6 Å². The Hall–Kier alpha value is -1.01. The van der Waals surface area contributed by atoms with E-state index in [4.69, 9.17) is 5.73 Å². The van der Waals surface area contributed by atoms with E-state index in [-0.39, 0.29) is 5.91 Å². The Labute approximate surface area is 92.4 Å². The standard InChI is InChI=1S/C9H14N4OS/c10-5-7-1-3-13(4-2-7)9(14)8-6-11-12-15-8/h6-7H,1-5,10H2. The predicted molar refractivity (Wildman–Crippen MR) is 57.6 cm³/mol. The Morgan fingerprint density at radius 1 is 1.60 bits per heavy atom.